The zero-order chi connectivity index (χ0) is 9.45. The van der Waals surface area contributed by atoms with Crippen LogP contribution in [-0.4, -0.2) is 121 Å². The Morgan fingerprint density at radius 1 is 0.929 bits per heavy atom. The molecular formula is C8H20K2O3S. The van der Waals surface area contributed by atoms with E-state index in [1.54, 1.807) is 0 Å². The van der Waals surface area contributed by atoms with Crippen molar-refractivity contribution in [2.24, 2.45) is 0 Å². The topological polar surface area (TPSA) is 54.4 Å². The maximum atomic E-state index is 10.3. The van der Waals surface area contributed by atoms with Crippen LogP contribution in [0.25, 0.3) is 0 Å². The van der Waals surface area contributed by atoms with Gasteiger partial charge < -0.3 is 0 Å². The Bertz CT molecular complexity index is 193. The van der Waals surface area contributed by atoms with Crippen molar-refractivity contribution < 1.29 is 13.0 Å². The zero-order valence-electron chi connectivity index (χ0n) is 7.62. The Hall–Kier alpha value is 3.18. The summed E-state index contributed by atoms with van der Waals surface area (Å²) < 4.78 is 28.9. The summed E-state index contributed by atoms with van der Waals surface area (Å²) in [6.45, 7) is 2.14. The molecule has 0 aromatic rings. The van der Waals surface area contributed by atoms with Crippen LogP contribution < -0.4 is 0 Å². The minimum absolute atomic E-state index is 0. The van der Waals surface area contributed by atoms with Crippen molar-refractivity contribution in [3.8, 4) is 0 Å². The van der Waals surface area contributed by atoms with E-state index in [-0.39, 0.29) is 109 Å². The molecule has 0 spiro atoms. The first-order valence-corrected chi connectivity index (χ1v) is 6.12. The van der Waals surface area contributed by atoms with E-state index in [0.29, 0.717) is 6.42 Å². The van der Waals surface area contributed by atoms with Crippen LogP contribution in [0.15, 0.2) is 0 Å². The standard InChI is InChI=1S/C8H18O3S.2K.2H/c1-2-3-4-5-6-7-8-12(9,10)11;;;;/h2-8H2,1H3,(H,9,10,11);;;;. The Balaban J connectivity index is -0.000000605. The van der Waals surface area contributed by atoms with Crippen molar-refractivity contribution in [3.63, 3.8) is 0 Å². The molecule has 0 radical (unpaired) electrons. The van der Waals surface area contributed by atoms with Gasteiger partial charge in [0.2, 0.25) is 0 Å². The summed E-state index contributed by atoms with van der Waals surface area (Å²) in [6, 6.07) is 0. The molecule has 0 saturated heterocycles. The predicted octanol–water partition coefficient (Wildman–Crippen LogP) is 0.938. The van der Waals surface area contributed by atoms with Crippen molar-refractivity contribution in [1.29, 1.82) is 0 Å². The number of hydrogen-bond acceptors (Lipinski definition) is 2. The van der Waals surface area contributed by atoms with Crippen LogP contribution in [0, 0.1) is 0 Å². The SMILES string of the molecule is CCCCCCCCS(=O)(=O)O.[KH].[KH]. The van der Waals surface area contributed by atoms with Gasteiger partial charge >= 0.3 is 103 Å². The maximum absolute atomic E-state index is 10.3. The third-order valence-electron chi connectivity index (χ3n) is 1.76. The molecule has 0 atom stereocenters. The number of unbranched alkanes of at least 4 members (excludes halogenated alkanes) is 5. The van der Waals surface area contributed by atoms with Gasteiger partial charge in [0.25, 0.3) is 10.1 Å². The second-order valence-corrected chi connectivity index (χ2v) is 4.63. The monoisotopic (exact) mass is 274 g/mol. The average Bonchev–Trinajstić information content (AvgIpc) is 1.94. The fourth-order valence-corrected chi connectivity index (χ4v) is 1.63. The molecule has 0 rings (SSSR count). The number of hydrogen-bond donors (Lipinski definition) is 1. The van der Waals surface area contributed by atoms with Gasteiger partial charge in [0, 0.05) is 0 Å². The first-order chi connectivity index (χ1) is 5.56. The van der Waals surface area contributed by atoms with Crippen molar-refractivity contribution in [2.45, 2.75) is 45.4 Å². The average molecular weight is 275 g/mol. The molecule has 0 heterocycles. The van der Waals surface area contributed by atoms with Crippen LogP contribution in [0.4, 0.5) is 0 Å². The van der Waals surface area contributed by atoms with Crippen LogP contribution in [0.5, 0.6) is 0 Å². The molecule has 1 N–H and O–H groups in total. The molecule has 0 unspecified atom stereocenters. The summed E-state index contributed by atoms with van der Waals surface area (Å²) >= 11 is 0. The van der Waals surface area contributed by atoms with E-state index in [1.165, 1.54) is 19.3 Å². The predicted molar refractivity (Wildman–Crippen MR) is 64.1 cm³/mol. The molecule has 0 amide bonds. The molecule has 0 fully saturated rings. The molecule has 3 nitrogen and oxygen atoms in total. The van der Waals surface area contributed by atoms with E-state index in [2.05, 4.69) is 6.92 Å². The minimum atomic E-state index is -3.72. The molecule has 0 saturated carbocycles. The zero-order valence-corrected chi connectivity index (χ0v) is 8.44. The van der Waals surface area contributed by atoms with Gasteiger partial charge in [-0.05, 0) is 6.42 Å². The van der Waals surface area contributed by atoms with Crippen molar-refractivity contribution >= 4 is 113 Å². The normalized spacial score (nSPS) is 10.1. The molecule has 0 aromatic heterocycles. The van der Waals surface area contributed by atoms with Gasteiger partial charge in [0.1, 0.15) is 0 Å². The van der Waals surface area contributed by atoms with Crippen molar-refractivity contribution in [3.05, 3.63) is 0 Å². The van der Waals surface area contributed by atoms with Crippen molar-refractivity contribution in [2.75, 3.05) is 5.75 Å². The third kappa shape index (κ3) is 20.6. The molecule has 0 aliphatic carbocycles. The van der Waals surface area contributed by atoms with Crippen LogP contribution in [0.3, 0.4) is 0 Å². The van der Waals surface area contributed by atoms with E-state index >= 15 is 0 Å². The second kappa shape index (κ2) is 14.2. The van der Waals surface area contributed by atoms with Crippen LogP contribution in [-0.2, 0) is 10.1 Å². The van der Waals surface area contributed by atoms with Crippen LogP contribution in [0.1, 0.15) is 45.4 Å². The Kier molecular flexibility index (Phi) is 22.8. The van der Waals surface area contributed by atoms with Gasteiger partial charge in [-0.2, -0.15) is 8.42 Å². The Labute approximate surface area is 173 Å². The third-order valence-corrected chi connectivity index (χ3v) is 2.56. The molecule has 14 heavy (non-hydrogen) atoms. The van der Waals surface area contributed by atoms with E-state index in [4.69, 9.17) is 4.55 Å². The first kappa shape index (κ1) is 22.4. The number of rotatable bonds is 7. The molecule has 0 bridgehead atoms. The van der Waals surface area contributed by atoms with Gasteiger partial charge in [-0.1, -0.05) is 39.0 Å². The summed E-state index contributed by atoms with van der Waals surface area (Å²) in [4.78, 5) is 0. The van der Waals surface area contributed by atoms with Gasteiger partial charge in [0.15, 0.2) is 0 Å². The quantitative estimate of drug-likeness (QED) is 0.427. The van der Waals surface area contributed by atoms with Crippen LogP contribution in [0.2, 0.25) is 0 Å². The molecule has 6 heteroatoms. The van der Waals surface area contributed by atoms with E-state index in [0.717, 1.165) is 12.8 Å². The van der Waals surface area contributed by atoms with Crippen molar-refractivity contribution in [1.82, 2.24) is 0 Å². The van der Waals surface area contributed by atoms with E-state index < -0.39 is 10.1 Å². The molecular weight excluding hydrogens is 254 g/mol. The van der Waals surface area contributed by atoms with Gasteiger partial charge in [0.05, 0.1) is 5.75 Å². The first-order valence-electron chi connectivity index (χ1n) is 4.51. The van der Waals surface area contributed by atoms with Gasteiger partial charge in [-0.25, -0.2) is 0 Å². The Morgan fingerprint density at radius 2 is 1.36 bits per heavy atom. The molecule has 78 valence electrons. The molecule has 0 aromatic carbocycles. The fraction of sp³-hybridized carbons (Fsp3) is 1.00. The molecule has 0 aliphatic heterocycles. The van der Waals surface area contributed by atoms with E-state index in [1.807, 2.05) is 0 Å². The summed E-state index contributed by atoms with van der Waals surface area (Å²) in [5.41, 5.74) is 0. The van der Waals surface area contributed by atoms with Gasteiger partial charge in [-0.3, -0.25) is 4.55 Å². The second-order valence-electron chi connectivity index (χ2n) is 3.05. The Morgan fingerprint density at radius 3 is 1.79 bits per heavy atom. The summed E-state index contributed by atoms with van der Waals surface area (Å²) in [7, 11) is -3.72. The summed E-state index contributed by atoms with van der Waals surface area (Å²) in [5, 5.41) is 0. The fourth-order valence-electron chi connectivity index (χ4n) is 1.06. The summed E-state index contributed by atoms with van der Waals surface area (Å²) in [5.74, 6) is -0.0842. The summed E-state index contributed by atoms with van der Waals surface area (Å²) in [6.07, 6.45) is 6.14. The molecule has 0 aliphatic rings. The van der Waals surface area contributed by atoms with Gasteiger partial charge in [-0.15, -0.1) is 0 Å². The van der Waals surface area contributed by atoms with E-state index in [9.17, 15) is 8.42 Å². The van der Waals surface area contributed by atoms with Crippen LogP contribution >= 0.6 is 0 Å².